The van der Waals surface area contributed by atoms with Crippen LogP contribution in [0.3, 0.4) is 0 Å². The van der Waals surface area contributed by atoms with Gasteiger partial charge in [-0.3, -0.25) is 28.8 Å². The second-order valence-electron chi connectivity index (χ2n) is 25.3. The van der Waals surface area contributed by atoms with Crippen molar-refractivity contribution in [2.75, 3.05) is 5.32 Å². The van der Waals surface area contributed by atoms with Gasteiger partial charge in [0.2, 0.25) is 0 Å². The summed E-state index contributed by atoms with van der Waals surface area (Å²) in [5, 5.41) is 3.45. The molecule has 0 radical (unpaired) electrons. The van der Waals surface area contributed by atoms with E-state index in [2.05, 4.69) is 5.32 Å². The summed E-state index contributed by atoms with van der Waals surface area (Å²) >= 11 is 0. The van der Waals surface area contributed by atoms with E-state index in [9.17, 15) is 28.8 Å². The number of benzene rings is 6. The Hall–Kier alpha value is -7.06. The lowest BCUT2D eigenvalue weighted by molar-refractivity contribution is 0.0739. The minimum Gasteiger partial charge on any atom is -0.457 e. The van der Waals surface area contributed by atoms with Crippen LogP contribution in [-0.2, 0) is 13.0 Å². The van der Waals surface area contributed by atoms with E-state index in [0.29, 0.717) is 89.2 Å². The van der Waals surface area contributed by atoms with Crippen LogP contribution < -0.4 is 10.1 Å². The fraction of sp³-hybridized carbons (Fsp3) is 0.382. The van der Waals surface area contributed by atoms with E-state index < -0.39 is 32.5 Å². The van der Waals surface area contributed by atoms with Gasteiger partial charge in [0, 0.05) is 72.5 Å². The minimum atomic E-state index is -0.893. The third-order valence-electron chi connectivity index (χ3n) is 14.7. The van der Waals surface area contributed by atoms with Crippen LogP contribution in [0.1, 0.15) is 201 Å². The molecule has 6 rings (SSSR count). The highest BCUT2D eigenvalue weighted by atomic mass is 16.5. The Bertz CT molecular complexity index is 3090. The van der Waals surface area contributed by atoms with Crippen LogP contribution in [0.15, 0.2) is 146 Å². The van der Waals surface area contributed by atoms with Crippen LogP contribution in [0, 0.1) is 32.5 Å². The molecule has 0 saturated heterocycles. The Morgan fingerprint density at radius 2 is 0.776 bits per heavy atom. The monoisotopic (exact) mass is 1020 g/mol. The molecule has 0 heterocycles. The fourth-order valence-corrected chi connectivity index (χ4v) is 9.34. The molecule has 0 aliphatic carbocycles. The van der Waals surface area contributed by atoms with Gasteiger partial charge in [0.25, 0.3) is 0 Å². The molecule has 398 valence electrons. The fourth-order valence-electron chi connectivity index (χ4n) is 9.34. The van der Waals surface area contributed by atoms with E-state index in [4.69, 9.17) is 4.74 Å². The number of rotatable bonds is 23. The molecular formula is C68H79NO7. The Balaban J connectivity index is 1.21. The van der Waals surface area contributed by atoms with Gasteiger partial charge in [0.1, 0.15) is 11.5 Å². The van der Waals surface area contributed by atoms with Crippen molar-refractivity contribution in [3.8, 4) is 11.5 Å². The van der Waals surface area contributed by atoms with Crippen LogP contribution >= 0.6 is 0 Å². The summed E-state index contributed by atoms with van der Waals surface area (Å²) in [7, 11) is 0. The normalized spacial score (nSPS) is 12.4. The zero-order valence-corrected chi connectivity index (χ0v) is 47.5. The highest BCUT2D eigenvalue weighted by molar-refractivity contribution is 6.08. The number of carbonyl (C=O) groups is 6. The number of nitrogens with one attached hydrogen (secondary N) is 1. The van der Waals surface area contributed by atoms with E-state index in [-0.39, 0.29) is 34.7 Å². The van der Waals surface area contributed by atoms with Gasteiger partial charge in [-0.1, -0.05) is 200 Å². The Kier molecular flexibility index (Phi) is 17.6. The van der Waals surface area contributed by atoms with E-state index in [1.54, 1.807) is 60.7 Å². The van der Waals surface area contributed by atoms with Gasteiger partial charge in [-0.2, -0.15) is 0 Å². The summed E-state index contributed by atoms with van der Waals surface area (Å²) in [6.45, 7) is 26.9. The maximum atomic E-state index is 14.9. The highest BCUT2D eigenvalue weighted by Crippen LogP contribution is 2.41. The van der Waals surface area contributed by atoms with Crippen molar-refractivity contribution < 1.29 is 33.5 Å². The number of ether oxygens (including phenoxy) is 1. The molecule has 0 aliphatic rings. The van der Waals surface area contributed by atoms with Gasteiger partial charge in [0.15, 0.2) is 34.7 Å². The average Bonchev–Trinajstić information content (AvgIpc) is 3.38. The first-order valence-corrected chi connectivity index (χ1v) is 26.7. The van der Waals surface area contributed by atoms with Crippen molar-refractivity contribution in [1.82, 2.24) is 0 Å². The summed E-state index contributed by atoms with van der Waals surface area (Å²) in [6, 6.07) is 44.6. The maximum Gasteiger partial charge on any atom is 0.171 e. The molecule has 6 aromatic carbocycles. The van der Waals surface area contributed by atoms with Gasteiger partial charge >= 0.3 is 0 Å². The molecule has 1 N–H and O–H groups in total. The number of hydrogen-bond acceptors (Lipinski definition) is 8. The number of anilines is 1. The second-order valence-corrected chi connectivity index (χ2v) is 25.3. The van der Waals surface area contributed by atoms with Crippen LogP contribution in [-0.4, -0.2) is 34.7 Å². The van der Waals surface area contributed by atoms with Gasteiger partial charge < -0.3 is 10.1 Å². The first kappa shape index (κ1) is 58.2. The summed E-state index contributed by atoms with van der Waals surface area (Å²) in [4.78, 5) is 85.5. The summed E-state index contributed by atoms with van der Waals surface area (Å²) < 4.78 is 6.24. The lowest BCUT2D eigenvalue weighted by Gasteiger charge is -2.31. The first-order chi connectivity index (χ1) is 35.4. The molecular weight excluding hydrogens is 943 g/mol. The molecule has 0 spiro atoms. The van der Waals surface area contributed by atoms with Crippen LogP contribution in [0.5, 0.6) is 11.5 Å². The zero-order valence-electron chi connectivity index (χ0n) is 47.5. The largest absolute Gasteiger partial charge is 0.457 e. The van der Waals surface area contributed by atoms with Gasteiger partial charge in [0.05, 0.1) is 5.56 Å². The number of ketones is 6. The summed E-state index contributed by atoms with van der Waals surface area (Å²) in [6.07, 6.45) is 2.04. The van der Waals surface area contributed by atoms with E-state index in [1.165, 1.54) is 0 Å². The lowest BCUT2D eigenvalue weighted by atomic mass is 9.71. The second kappa shape index (κ2) is 23.0. The van der Waals surface area contributed by atoms with E-state index in [0.717, 1.165) is 16.7 Å². The van der Waals surface area contributed by atoms with Crippen molar-refractivity contribution >= 4 is 40.4 Å². The minimum absolute atomic E-state index is 0.0184. The Morgan fingerprint density at radius 3 is 1.26 bits per heavy atom. The molecule has 76 heavy (non-hydrogen) atoms. The molecule has 0 saturated carbocycles. The standard InChI is InChI=1S/C68H79NO7/c1-63(2,3)57(70)48-31-34-53(55(42-48)69-44-46-26-20-16-21-27-46)62(75)68(13,14)39-37-65(7,8)58(71)47-30-33-52(50(41-47)40-45-24-18-15-19-25-45)61(74)67(11,12)38-36-66(9,10)59(72)49-32-35-54(60(73)64(4,5)6)56(43-49)76-51-28-22-17-23-29-51/h15-35,41-43,69H,36-40,44H2,1-14H3. The maximum absolute atomic E-state index is 14.9. The molecule has 0 aliphatic heterocycles. The zero-order chi connectivity index (χ0) is 56.0. The number of carbonyl (C=O) groups excluding carboxylic acids is 6. The molecule has 8 nitrogen and oxygen atoms in total. The molecule has 8 heteroatoms. The van der Waals surface area contributed by atoms with E-state index >= 15 is 0 Å². The summed E-state index contributed by atoms with van der Waals surface area (Å²) in [5.74, 6) is 0.348. The molecule has 0 unspecified atom stereocenters. The van der Waals surface area contributed by atoms with Crippen molar-refractivity contribution in [2.24, 2.45) is 32.5 Å². The van der Waals surface area contributed by atoms with Crippen molar-refractivity contribution in [3.05, 3.63) is 196 Å². The quantitative estimate of drug-likeness (QED) is 0.0630. The van der Waals surface area contributed by atoms with Gasteiger partial charge in [-0.05, 0) is 91.3 Å². The topological polar surface area (TPSA) is 124 Å². The summed E-state index contributed by atoms with van der Waals surface area (Å²) in [5.41, 5.74) is 1.38. The molecule has 0 bridgehead atoms. The molecule has 0 fully saturated rings. The van der Waals surface area contributed by atoms with Crippen molar-refractivity contribution in [2.45, 2.75) is 136 Å². The number of para-hydroxylation sites is 1. The lowest BCUT2D eigenvalue weighted by Crippen LogP contribution is -2.32. The molecule has 0 atom stereocenters. The predicted octanol–water partition coefficient (Wildman–Crippen LogP) is 16.9. The highest BCUT2D eigenvalue weighted by Gasteiger charge is 2.39. The van der Waals surface area contributed by atoms with Gasteiger partial charge in [-0.25, -0.2) is 0 Å². The first-order valence-electron chi connectivity index (χ1n) is 26.7. The third kappa shape index (κ3) is 14.2. The van der Waals surface area contributed by atoms with Crippen LogP contribution in [0.4, 0.5) is 5.69 Å². The van der Waals surface area contributed by atoms with Gasteiger partial charge in [-0.15, -0.1) is 0 Å². The Labute approximate surface area is 452 Å². The third-order valence-corrected chi connectivity index (χ3v) is 14.7. The SMILES string of the molecule is CC(C)(C)C(=O)c1ccc(C(=O)C(C)(C)CCC(C)(C)C(=O)c2ccc(C(=O)C(C)(C)CCC(C)(C)C(=O)c3ccc(C(=O)C(C)(C)C)c(Oc4ccccc4)c3)c(Cc3ccccc3)c2)c(NCc2ccccc2)c1. The van der Waals surface area contributed by atoms with Crippen LogP contribution in [0.2, 0.25) is 0 Å². The smallest absolute Gasteiger partial charge is 0.171 e. The number of Topliss-reactive ketones (excluding diaryl/α,β-unsaturated/α-hetero) is 6. The van der Waals surface area contributed by atoms with Crippen molar-refractivity contribution in [1.29, 1.82) is 0 Å². The average molecular weight is 1020 g/mol. The molecule has 6 aromatic rings. The Morgan fingerprint density at radius 1 is 0.382 bits per heavy atom. The van der Waals surface area contributed by atoms with Crippen LogP contribution in [0.25, 0.3) is 0 Å². The van der Waals surface area contributed by atoms with E-state index in [1.807, 2.05) is 182 Å². The van der Waals surface area contributed by atoms with Crippen molar-refractivity contribution in [3.63, 3.8) is 0 Å². The predicted molar refractivity (Wildman–Crippen MR) is 307 cm³/mol. The molecule has 0 aromatic heterocycles. The number of hydrogen-bond donors (Lipinski definition) is 1. The molecule has 0 amide bonds.